The molecule has 0 aromatic heterocycles. The van der Waals surface area contributed by atoms with E-state index in [-0.39, 0.29) is 6.04 Å². The minimum absolute atomic E-state index is 0.222. The first-order valence-electron chi connectivity index (χ1n) is 7.39. The minimum Gasteiger partial charge on any atom is -0.370 e. The molecular formula is C16H25ClN2. The van der Waals surface area contributed by atoms with Crippen molar-refractivity contribution in [2.24, 2.45) is 11.7 Å². The van der Waals surface area contributed by atoms with Gasteiger partial charge in [-0.3, -0.25) is 0 Å². The molecule has 1 fully saturated rings. The monoisotopic (exact) mass is 280 g/mol. The zero-order valence-electron chi connectivity index (χ0n) is 12.0. The van der Waals surface area contributed by atoms with Gasteiger partial charge in [0.2, 0.25) is 0 Å². The van der Waals surface area contributed by atoms with Crippen molar-refractivity contribution in [2.45, 2.75) is 45.6 Å². The standard InChI is InChI=1S/C16H25ClN2/c1-3-14(18)10-13-7-4-8-15(17)16(13)19-9-5-6-12(2)11-19/h4,7-8,12,14H,3,5-6,9-11,18H2,1-2H3. The molecule has 0 radical (unpaired) electrons. The zero-order valence-corrected chi connectivity index (χ0v) is 12.8. The summed E-state index contributed by atoms with van der Waals surface area (Å²) in [4.78, 5) is 2.45. The van der Waals surface area contributed by atoms with Crippen LogP contribution >= 0.6 is 11.6 Å². The molecular weight excluding hydrogens is 256 g/mol. The highest BCUT2D eigenvalue weighted by atomic mass is 35.5. The fourth-order valence-electron chi connectivity index (χ4n) is 2.90. The molecule has 3 heteroatoms. The van der Waals surface area contributed by atoms with E-state index < -0.39 is 0 Å². The molecule has 2 atom stereocenters. The summed E-state index contributed by atoms with van der Waals surface area (Å²) >= 11 is 6.45. The third-order valence-electron chi connectivity index (χ3n) is 4.05. The molecule has 0 amide bonds. The van der Waals surface area contributed by atoms with E-state index in [2.05, 4.69) is 24.8 Å². The Morgan fingerprint density at radius 2 is 2.26 bits per heavy atom. The van der Waals surface area contributed by atoms with Crippen LogP contribution in [-0.4, -0.2) is 19.1 Å². The number of benzene rings is 1. The molecule has 2 unspecified atom stereocenters. The van der Waals surface area contributed by atoms with Crippen LogP contribution in [0.2, 0.25) is 5.02 Å². The average molecular weight is 281 g/mol. The van der Waals surface area contributed by atoms with Crippen LogP contribution in [0.4, 0.5) is 5.69 Å². The highest BCUT2D eigenvalue weighted by molar-refractivity contribution is 6.33. The van der Waals surface area contributed by atoms with Gasteiger partial charge in [-0.05, 0) is 43.2 Å². The lowest BCUT2D eigenvalue weighted by molar-refractivity contribution is 0.446. The second-order valence-electron chi connectivity index (χ2n) is 5.81. The Bertz CT molecular complexity index is 419. The van der Waals surface area contributed by atoms with Gasteiger partial charge in [0.25, 0.3) is 0 Å². The van der Waals surface area contributed by atoms with Gasteiger partial charge in [0.05, 0.1) is 10.7 Å². The van der Waals surface area contributed by atoms with Gasteiger partial charge < -0.3 is 10.6 Å². The largest absolute Gasteiger partial charge is 0.370 e. The second-order valence-corrected chi connectivity index (χ2v) is 6.22. The van der Waals surface area contributed by atoms with Gasteiger partial charge in [-0.25, -0.2) is 0 Å². The van der Waals surface area contributed by atoms with E-state index in [0.717, 1.165) is 36.9 Å². The molecule has 2 N–H and O–H groups in total. The first-order valence-corrected chi connectivity index (χ1v) is 7.77. The Morgan fingerprint density at radius 1 is 1.47 bits per heavy atom. The average Bonchev–Trinajstić information content (AvgIpc) is 2.38. The number of rotatable bonds is 4. The number of anilines is 1. The van der Waals surface area contributed by atoms with Crippen molar-refractivity contribution in [1.82, 2.24) is 0 Å². The van der Waals surface area contributed by atoms with Crippen LogP contribution in [0.25, 0.3) is 0 Å². The number of hydrogen-bond donors (Lipinski definition) is 1. The quantitative estimate of drug-likeness (QED) is 0.907. The van der Waals surface area contributed by atoms with E-state index in [0.29, 0.717) is 0 Å². The van der Waals surface area contributed by atoms with Gasteiger partial charge in [0.15, 0.2) is 0 Å². The molecule has 1 saturated heterocycles. The van der Waals surface area contributed by atoms with Crippen LogP contribution in [0.5, 0.6) is 0 Å². The van der Waals surface area contributed by atoms with Crippen molar-refractivity contribution in [3.8, 4) is 0 Å². The summed E-state index contributed by atoms with van der Waals surface area (Å²) in [6.07, 6.45) is 4.50. The molecule has 106 valence electrons. The third kappa shape index (κ3) is 3.64. The zero-order chi connectivity index (χ0) is 13.8. The lowest BCUT2D eigenvalue weighted by Gasteiger charge is -2.35. The summed E-state index contributed by atoms with van der Waals surface area (Å²) in [6.45, 7) is 6.68. The summed E-state index contributed by atoms with van der Waals surface area (Å²) in [6, 6.07) is 6.43. The molecule has 2 nitrogen and oxygen atoms in total. The van der Waals surface area contributed by atoms with Gasteiger partial charge in [-0.1, -0.05) is 37.6 Å². The van der Waals surface area contributed by atoms with Crippen molar-refractivity contribution in [3.63, 3.8) is 0 Å². The van der Waals surface area contributed by atoms with Crippen molar-refractivity contribution >= 4 is 17.3 Å². The van der Waals surface area contributed by atoms with E-state index in [1.54, 1.807) is 0 Å². The number of halogens is 1. The predicted molar refractivity (Wildman–Crippen MR) is 84.0 cm³/mol. The van der Waals surface area contributed by atoms with Crippen LogP contribution < -0.4 is 10.6 Å². The smallest absolute Gasteiger partial charge is 0.0642 e. The molecule has 1 aromatic rings. The summed E-state index contributed by atoms with van der Waals surface area (Å²) in [5.41, 5.74) is 8.64. The minimum atomic E-state index is 0.222. The van der Waals surface area contributed by atoms with Crippen LogP contribution in [0, 0.1) is 5.92 Å². The molecule has 0 bridgehead atoms. The summed E-state index contributed by atoms with van der Waals surface area (Å²) in [5.74, 6) is 0.748. The van der Waals surface area contributed by atoms with Crippen molar-refractivity contribution in [1.29, 1.82) is 0 Å². The van der Waals surface area contributed by atoms with Crippen LogP contribution in [0.15, 0.2) is 18.2 Å². The number of nitrogens with two attached hydrogens (primary N) is 1. The first-order chi connectivity index (χ1) is 9.11. The van der Waals surface area contributed by atoms with Gasteiger partial charge in [0.1, 0.15) is 0 Å². The van der Waals surface area contributed by atoms with Gasteiger partial charge >= 0.3 is 0 Å². The maximum absolute atomic E-state index is 6.45. The summed E-state index contributed by atoms with van der Waals surface area (Å²) in [5, 5.41) is 0.870. The molecule has 0 spiro atoms. The van der Waals surface area contributed by atoms with E-state index in [9.17, 15) is 0 Å². The number of piperidine rings is 1. The number of para-hydroxylation sites is 1. The van der Waals surface area contributed by atoms with Crippen LogP contribution in [0.1, 0.15) is 38.7 Å². The molecule has 19 heavy (non-hydrogen) atoms. The number of nitrogens with zero attached hydrogens (tertiary/aromatic N) is 1. The third-order valence-corrected chi connectivity index (χ3v) is 4.36. The highest BCUT2D eigenvalue weighted by Gasteiger charge is 2.21. The molecule has 0 aliphatic carbocycles. The van der Waals surface area contributed by atoms with Crippen molar-refractivity contribution < 1.29 is 0 Å². The van der Waals surface area contributed by atoms with E-state index in [4.69, 9.17) is 17.3 Å². The first kappa shape index (κ1) is 14.7. The van der Waals surface area contributed by atoms with Crippen molar-refractivity contribution in [3.05, 3.63) is 28.8 Å². The Morgan fingerprint density at radius 3 is 2.95 bits per heavy atom. The Labute approximate surface area is 121 Å². The molecule has 1 heterocycles. The lowest BCUT2D eigenvalue weighted by atomic mass is 9.97. The molecule has 1 aromatic carbocycles. The second kappa shape index (κ2) is 6.62. The molecule has 1 aliphatic heterocycles. The van der Waals surface area contributed by atoms with E-state index >= 15 is 0 Å². The van der Waals surface area contributed by atoms with Crippen LogP contribution in [0.3, 0.4) is 0 Å². The molecule has 1 aliphatic rings. The maximum Gasteiger partial charge on any atom is 0.0642 e. The fourth-order valence-corrected chi connectivity index (χ4v) is 3.21. The highest BCUT2D eigenvalue weighted by Crippen LogP contribution is 2.33. The van der Waals surface area contributed by atoms with Crippen LogP contribution in [-0.2, 0) is 6.42 Å². The molecule has 2 rings (SSSR count). The van der Waals surface area contributed by atoms with Gasteiger partial charge in [0, 0.05) is 19.1 Å². The summed E-state index contributed by atoms with van der Waals surface area (Å²) < 4.78 is 0. The maximum atomic E-state index is 6.45. The normalized spacial score (nSPS) is 21.5. The van der Waals surface area contributed by atoms with E-state index in [1.165, 1.54) is 24.1 Å². The Hall–Kier alpha value is -0.730. The SMILES string of the molecule is CCC(N)Cc1cccc(Cl)c1N1CCCC(C)C1. The van der Waals surface area contributed by atoms with Crippen molar-refractivity contribution in [2.75, 3.05) is 18.0 Å². The van der Waals surface area contributed by atoms with Gasteiger partial charge in [-0.15, -0.1) is 0 Å². The summed E-state index contributed by atoms with van der Waals surface area (Å²) in [7, 11) is 0. The topological polar surface area (TPSA) is 29.3 Å². The lowest BCUT2D eigenvalue weighted by Crippen LogP contribution is -2.35. The molecule has 0 saturated carbocycles. The Balaban J connectivity index is 2.26. The predicted octanol–water partition coefficient (Wildman–Crippen LogP) is 3.86. The number of hydrogen-bond acceptors (Lipinski definition) is 2. The van der Waals surface area contributed by atoms with E-state index in [1.807, 2.05) is 12.1 Å². The Kier molecular flexibility index (Phi) is 5.12. The van der Waals surface area contributed by atoms with Gasteiger partial charge in [-0.2, -0.15) is 0 Å². The fraction of sp³-hybridized carbons (Fsp3) is 0.625.